The molecular weight excluding hydrogens is 345 g/mol. The van der Waals surface area contributed by atoms with Crippen molar-refractivity contribution in [2.75, 3.05) is 6.54 Å². The molecule has 0 unspecified atom stereocenters. The molecule has 0 N–H and O–H groups in total. The molecule has 1 saturated carbocycles. The van der Waals surface area contributed by atoms with Crippen molar-refractivity contribution >= 4 is 11.6 Å². The molecule has 3 atom stereocenters. The van der Waals surface area contributed by atoms with Gasteiger partial charge >= 0.3 is 6.18 Å². The second-order valence-corrected chi connectivity index (χ2v) is 7.33. The summed E-state index contributed by atoms with van der Waals surface area (Å²) in [6.45, 7) is 4.45. The van der Waals surface area contributed by atoms with Crippen LogP contribution in [0.1, 0.15) is 56.2 Å². The highest BCUT2D eigenvalue weighted by molar-refractivity contribution is 5.82. The molecule has 2 aromatic heterocycles. The number of alkyl halides is 3. The number of amides is 1. The van der Waals surface area contributed by atoms with Gasteiger partial charge in [0.2, 0.25) is 5.91 Å². The number of fused-ring (bicyclic) bond motifs is 1. The lowest BCUT2D eigenvalue weighted by Gasteiger charge is -2.23. The summed E-state index contributed by atoms with van der Waals surface area (Å²) in [5.74, 6) is 0.564. The second-order valence-electron chi connectivity index (χ2n) is 7.33. The summed E-state index contributed by atoms with van der Waals surface area (Å²) in [4.78, 5) is 18.7. The number of hydrogen-bond acceptors (Lipinski definition) is 3. The number of hydrogen-bond donors (Lipinski definition) is 0. The summed E-state index contributed by atoms with van der Waals surface area (Å²) in [6, 6.07) is 2.39. The number of rotatable bonds is 3. The second kappa shape index (κ2) is 5.96. The molecule has 8 heteroatoms. The normalized spacial score (nSPS) is 25.9. The standard InChI is InChI=1S/C18H21F3N4O/c1-3-11-8-15(18(19,20)21)25-16(22-11)9-13(23-25)14-5-4-6-24(14)17(26)12-7-10(12)2/h8-10,12,14H,3-7H2,1-2H3/t10-,12-,14+/m1/s1. The molecule has 26 heavy (non-hydrogen) atoms. The average Bonchev–Trinajstić information content (AvgIpc) is 3.01. The Hall–Kier alpha value is -2.12. The number of halogens is 3. The minimum Gasteiger partial charge on any atom is -0.334 e. The fourth-order valence-electron chi connectivity index (χ4n) is 3.81. The van der Waals surface area contributed by atoms with E-state index in [1.807, 2.05) is 6.92 Å². The van der Waals surface area contributed by atoms with Gasteiger partial charge in [0.25, 0.3) is 0 Å². The Morgan fingerprint density at radius 2 is 2.08 bits per heavy atom. The fraction of sp³-hybridized carbons (Fsp3) is 0.611. The Bertz CT molecular complexity index is 860. The average molecular weight is 366 g/mol. The van der Waals surface area contributed by atoms with Gasteiger partial charge in [-0.05, 0) is 37.7 Å². The molecule has 2 fully saturated rings. The predicted octanol–water partition coefficient (Wildman–Crippen LogP) is 3.63. The third-order valence-corrected chi connectivity index (χ3v) is 5.46. The Morgan fingerprint density at radius 1 is 1.35 bits per heavy atom. The smallest absolute Gasteiger partial charge is 0.334 e. The summed E-state index contributed by atoms with van der Waals surface area (Å²) in [6.07, 6.45) is -1.65. The van der Waals surface area contributed by atoms with E-state index in [-0.39, 0.29) is 23.5 Å². The van der Waals surface area contributed by atoms with Crippen molar-refractivity contribution in [3.05, 3.63) is 29.2 Å². The number of aromatic nitrogens is 3. The van der Waals surface area contributed by atoms with Gasteiger partial charge in [0.1, 0.15) is 5.69 Å². The summed E-state index contributed by atoms with van der Waals surface area (Å²) in [5, 5.41) is 4.21. The van der Waals surface area contributed by atoms with Crippen LogP contribution in [0.2, 0.25) is 0 Å². The van der Waals surface area contributed by atoms with Crippen molar-refractivity contribution in [2.24, 2.45) is 11.8 Å². The zero-order valence-corrected chi connectivity index (χ0v) is 14.8. The van der Waals surface area contributed by atoms with Gasteiger partial charge in [-0.1, -0.05) is 13.8 Å². The van der Waals surface area contributed by atoms with Crippen molar-refractivity contribution in [1.29, 1.82) is 0 Å². The number of nitrogens with zero attached hydrogens (tertiary/aromatic N) is 4. The van der Waals surface area contributed by atoms with Crippen molar-refractivity contribution in [2.45, 2.75) is 51.7 Å². The van der Waals surface area contributed by atoms with E-state index in [4.69, 9.17) is 0 Å². The molecule has 4 rings (SSSR count). The van der Waals surface area contributed by atoms with Gasteiger partial charge in [0, 0.05) is 24.2 Å². The van der Waals surface area contributed by atoms with Crippen molar-refractivity contribution in [3.63, 3.8) is 0 Å². The van der Waals surface area contributed by atoms with Crippen LogP contribution in [0.25, 0.3) is 5.65 Å². The Balaban J connectivity index is 1.74. The van der Waals surface area contributed by atoms with Gasteiger partial charge < -0.3 is 4.90 Å². The molecule has 2 aromatic rings. The first-order valence-electron chi connectivity index (χ1n) is 9.07. The molecular formula is C18H21F3N4O. The van der Waals surface area contributed by atoms with Crippen LogP contribution in [0.3, 0.4) is 0 Å². The van der Waals surface area contributed by atoms with E-state index in [2.05, 4.69) is 10.1 Å². The molecule has 1 amide bonds. The zero-order chi connectivity index (χ0) is 18.6. The van der Waals surface area contributed by atoms with Gasteiger partial charge in [-0.15, -0.1) is 0 Å². The molecule has 1 aliphatic carbocycles. The molecule has 140 valence electrons. The highest BCUT2D eigenvalue weighted by Gasteiger charge is 2.45. The number of carbonyl (C=O) groups is 1. The first kappa shape index (κ1) is 17.3. The predicted molar refractivity (Wildman–Crippen MR) is 88.3 cm³/mol. The molecule has 2 aliphatic rings. The van der Waals surface area contributed by atoms with Crippen LogP contribution >= 0.6 is 0 Å². The lowest BCUT2D eigenvalue weighted by Crippen LogP contribution is -2.32. The molecule has 0 bridgehead atoms. The lowest BCUT2D eigenvalue weighted by molar-refractivity contribution is -0.143. The topological polar surface area (TPSA) is 50.5 Å². The minimum atomic E-state index is -4.51. The maximum atomic E-state index is 13.4. The van der Waals surface area contributed by atoms with E-state index in [1.165, 1.54) is 0 Å². The van der Waals surface area contributed by atoms with Crippen molar-refractivity contribution in [3.8, 4) is 0 Å². The van der Waals surface area contributed by atoms with Gasteiger partial charge in [-0.25, -0.2) is 9.50 Å². The van der Waals surface area contributed by atoms with Crippen LogP contribution < -0.4 is 0 Å². The Kier molecular flexibility index (Phi) is 3.96. The molecule has 0 aromatic carbocycles. The Labute approximate surface area is 149 Å². The first-order chi connectivity index (χ1) is 12.3. The summed E-state index contributed by atoms with van der Waals surface area (Å²) in [5.41, 5.74) is 0.237. The van der Waals surface area contributed by atoms with Crippen LogP contribution in [-0.2, 0) is 17.4 Å². The number of aryl methyl sites for hydroxylation is 1. The third-order valence-electron chi connectivity index (χ3n) is 5.46. The van der Waals surface area contributed by atoms with E-state index >= 15 is 0 Å². The molecule has 5 nitrogen and oxygen atoms in total. The molecule has 0 radical (unpaired) electrons. The van der Waals surface area contributed by atoms with Crippen LogP contribution in [0.15, 0.2) is 12.1 Å². The third kappa shape index (κ3) is 2.85. The SMILES string of the molecule is CCc1cc(C(F)(F)F)n2nc([C@@H]3CCCN3C(=O)[C@@H]3C[C@H]3C)cc2n1. The number of likely N-dealkylation sites (tertiary alicyclic amines) is 1. The molecule has 1 aliphatic heterocycles. The maximum Gasteiger partial charge on any atom is 0.433 e. The van der Waals surface area contributed by atoms with E-state index in [9.17, 15) is 18.0 Å². The molecule has 0 spiro atoms. The maximum absolute atomic E-state index is 13.4. The molecule has 3 heterocycles. The van der Waals surface area contributed by atoms with Crippen LogP contribution in [0.5, 0.6) is 0 Å². The summed E-state index contributed by atoms with van der Waals surface area (Å²) >= 11 is 0. The van der Waals surface area contributed by atoms with Gasteiger partial charge in [-0.3, -0.25) is 4.79 Å². The minimum absolute atomic E-state index is 0.0585. The molecule has 1 saturated heterocycles. The van der Waals surface area contributed by atoms with E-state index < -0.39 is 11.9 Å². The quantitative estimate of drug-likeness (QED) is 0.834. The summed E-state index contributed by atoms with van der Waals surface area (Å²) in [7, 11) is 0. The van der Waals surface area contributed by atoms with Crippen LogP contribution in [0, 0.1) is 11.8 Å². The fourth-order valence-corrected chi connectivity index (χ4v) is 3.81. The van der Waals surface area contributed by atoms with E-state index in [0.717, 1.165) is 29.8 Å². The largest absolute Gasteiger partial charge is 0.433 e. The van der Waals surface area contributed by atoms with E-state index in [0.29, 0.717) is 30.3 Å². The Morgan fingerprint density at radius 3 is 2.69 bits per heavy atom. The van der Waals surface area contributed by atoms with E-state index in [1.54, 1.807) is 17.9 Å². The van der Waals surface area contributed by atoms with Crippen molar-refractivity contribution < 1.29 is 18.0 Å². The summed E-state index contributed by atoms with van der Waals surface area (Å²) < 4.78 is 41.2. The van der Waals surface area contributed by atoms with Gasteiger partial charge in [-0.2, -0.15) is 18.3 Å². The number of carbonyl (C=O) groups excluding carboxylic acids is 1. The van der Waals surface area contributed by atoms with Crippen LogP contribution in [-0.4, -0.2) is 31.9 Å². The lowest BCUT2D eigenvalue weighted by atomic mass is 10.1. The highest BCUT2D eigenvalue weighted by Crippen LogP contribution is 2.43. The highest BCUT2D eigenvalue weighted by atomic mass is 19.4. The van der Waals surface area contributed by atoms with Crippen LogP contribution in [0.4, 0.5) is 13.2 Å². The van der Waals surface area contributed by atoms with Gasteiger partial charge in [0.05, 0.1) is 11.7 Å². The van der Waals surface area contributed by atoms with Gasteiger partial charge in [0.15, 0.2) is 5.65 Å². The first-order valence-corrected chi connectivity index (χ1v) is 9.07. The zero-order valence-electron chi connectivity index (χ0n) is 14.8. The monoisotopic (exact) mass is 366 g/mol. The van der Waals surface area contributed by atoms with Crippen molar-refractivity contribution in [1.82, 2.24) is 19.5 Å².